The molecule has 0 aliphatic heterocycles. The summed E-state index contributed by atoms with van der Waals surface area (Å²) >= 11 is 0. The van der Waals surface area contributed by atoms with E-state index >= 15 is 0 Å². The summed E-state index contributed by atoms with van der Waals surface area (Å²) in [5.41, 5.74) is -2.65. The monoisotopic (exact) mass is 504 g/mol. The molecule has 4 aliphatic carbocycles. The number of unbranched alkanes of at least 4 members (excludes halogenated alkanes) is 2. The van der Waals surface area contributed by atoms with Crippen molar-refractivity contribution in [2.75, 3.05) is 13.2 Å². The number of allylic oxidation sites excluding steroid dienone is 1. The fourth-order valence-electron chi connectivity index (χ4n) is 7.74. The minimum Gasteiger partial charge on any atom is -0.458 e. The SMILES string of the molecule is CCCCCC(=O)O[C@@H]1[C@@H](C)[C@]2(O)[C@@H]3C=C(C)C(=O)[C@@H]3CC(CO)=C[C@@H]2[C@H]2[C@]1(OC(C)=O)[C@]2(C)CO. The predicted octanol–water partition coefficient (Wildman–Crippen LogP) is 2.49. The Labute approximate surface area is 212 Å². The molecule has 0 saturated heterocycles. The maximum absolute atomic E-state index is 13.1. The molecule has 2 fully saturated rings. The fraction of sp³-hybridized carbons (Fsp3) is 0.750. The minimum absolute atomic E-state index is 0.0636. The smallest absolute Gasteiger partial charge is 0.306 e. The standard InChI is InChI=1S/C28H40O8/c1-6-7-8-9-22(32)35-25-16(3)27(34)20-10-15(2)23(33)19(20)11-18(13-29)12-21(27)24-26(5,14-30)28(24,25)36-17(4)31/h10,12,16,19-21,24-25,29-30,34H,6-9,11,13-14H2,1-5H3/t16-,19-,20-,21-,24-,25-,26-,27+,28-/m1/s1. The second-order valence-electron chi connectivity index (χ2n) is 11.5. The normalized spacial score (nSPS) is 42.8. The lowest BCUT2D eigenvalue weighted by atomic mass is 9.60. The molecule has 36 heavy (non-hydrogen) atoms. The topological polar surface area (TPSA) is 130 Å². The van der Waals surface area contributed by atoms with Gasteiger partial charge in [-0.15, -0.1) is 0 Å². The first-order valence-electron chi connectivity index (χ1n) is 13.2. The van der Waals surface area contributed by atoms with E-state index in [0.29, 0.717) is 24.0 Å². The van der Waals surface area contributed by atoms with E-state index in [9.17, 15) is 29.7 Å². The van der Waals surface area contributed by atoms with Crippen LogP contribution in [-0.2, 0) is 23.9 Å². The molecule has 3 N–H and O–H groups in total. The number of aliphatic hydroxyl groups excluding tert-OH is 2. The Morgan fingerprint density at radius 1 is 1.17 bits per heavy atom. The second-order valence-corrected chi connectivity index (χ2v) is 11.5. The van der Waals surface area contributed by atoms with Gasteiger partial charge in [-0.05, 0) is 30.9 Å². The van der Waals surface area contributed by atoms with Gasteiger partial charge < -0.3 is 24.8 Å². The fourth-order valence-corrected chi connectivity index (χ4v) is 7.74. The number of ether oxygens (including phenoxy) is 2. The lowest BCUT2D eigenvalue weighted by Gasteiger charge is -2.52. The van der Waals surface area contributed by atoms with Gasteiger partial charge in [0.05, 0.1) is 18.8 Å². The van der Waals surface area contributed by atoms with Crippen molar-refractivity contribution in [3.63, 3.8) is 0 Å². The predicted molar refractivity (Wildman–Crippen MR) is 130 cm³/mol. The third kappa shape index (κ3) is 3.63. The molecule has 200 valence electrons. The highest BCUT2D eigenvalue weighted by Crippen LogP contribution is 2.76. The van der Waals surface area contributed by atoms with Gasteiger partial charge in [0.25, 0.3) is 0 Å². The van der Waals surface area contributed by atoms with E-state index in [4.69, 9.17) is 9.47 Å². The summed E-state index contributed by atoms with van der Waals surface area (Å²) < 4.78 is 12.0. The maximum atomic E-state index is 13.1. The van der Waals surface area contributed by atoms with Gasteiger partial charge in [0.15, 0.2) is 11.4 Å². The average Bonchev–Trinajstić information content (AvgIpc) is 3.27. The molecule has 0 aromatic heterocycles. The van der Waals surface area contributed by atoms with Crippen molar-refractivity contribution >= 4 is 17.7 Å². The summed E-state index contributed by atoms with van der Waals surface area (Å²) in [6, 6.07) is 0. The summed E-state index contributed by atoms with van der Waals surface area (Å²) in [4.78, 5) is 38.4. The number of ketones is 1. The van der Waals surface area contributed by atoms with Crippen molar-refractivity contribution in [2.24, 2.45) is 35.0 Å². The lowest BCUT2D eigenvalue weighted by molar-refractivity contribution is -0.220. The number of rotatable bonds is 8. The van der Waals surface area contributed by atoms with E-state index in [1.807, 2.05) is 19.1 Å². The van der Waals surface area contributed by atoms with Crippen molar-refractivity contribution in [3.05, 3.63) is 23.3 Å². The summed E-state index contributed by atoms with van der Waals surface area (Å²) in [5.74, 6) is -4.10. The number of esters is 2. The highest BCUT2D eigenvalue weighted by Gasteiger charge is 2.88. The molecule has 2 saturated carbocycles. The van der Waals surface area contributed by atoms with Crippen LogP contribution in [0.4, 0.5) is 0 Å². The Hall–Kier alpha value is -2.03. The maximum Gasteiger partial charge on any atom is 0.306 e. The summed E-state index contributed by atoms with van der Waals surface area (Å²) in [6.45, 7) is 7.99. The van der Waals surface area contributed by atoms with Crippen molar-refractivity contribution < 1.29 is 39.2 Å². The molecule has 4 aliphatic rings. The number of fused-ring (bicyclic) bond motifs is 5. The van der Waals surface area contributed by atoms with Gasteiger partial charge in [0, 0.05) is 48.3 Å². The van der Waals surface area contributed by atoms with Crippen LogP contribution >= 0.6 is 0 Å². The molecule has 0 spiro atoms. The summed E-state index contributed by atoms with van der Waals surface area (Å²) in [7, 11) is 0. The Kier molecular flexibility index (Phi) is 7.03. The van der Waals surface area contributed by atoms with Gasteiger partial charge >= 0.3 is 11.9 Å². The Morgan fingerprint density at radius 2 is 1.86 bits per heavy atom. The molecule has 0 unspecified atom stereocenters. The van der Waals surface area contributed by atoms with Crippen molar-refractivity contribution in [1.82, 2.24) is 0 Å². The number of aliphatic hydroxyl groups is 3. The highest BCUT2D eigenvalue weighted by atomic mass is 16.6. The van der Waals surface area contributed by atoms with Crippen LogP contribution in [0.15, 0.2) is 23.3 Å². The number of carbonyl (C=O) groups is 3. The molecular formula is C28H40O8. The zero-order chi connectivity index (χ0) is 26.6. The van der Waals surface area contributed by atoms with Crippen LogP contribution in [0.5, 0.6) is 0 Å². The Balaban J connectivity index is 1.86. The summed E-state index contributed by atoms with van der Waals surface area (Å²) in [5, 5.41) is 33.3. The number of Topliss-reactive ketones (excluding diaryl/α,β-unsaturated/α-hetero) is 1. The summed E-state index contributed by atoms with van der Waals surface area (Å²) in [6.07, 6.45) is 5.60. The molecule has 8 heteroatoms. The van der Waals surface area contributed by atoms with Gasteiger partial charge in [-0.25, -0.2) is 0 Å². The van der Waals surface area contributed by atoms with Crippen LogP contribution in [0, 0.1) is 35.0 Å². The molecular weight excluding hydrogens is 464 g/mol. The van der Waals surface area contributed by atoms with Gasteiger partial charge in [-0.1, -0.05) is 45.8 Å². The van der Waals surface area contributed by atoms with Crippen molar-refractivity contribution in [2.45, 2.75) is 84.0 Å². The average molecular weight is 505 g/mol. The molecule has 0 amide bonds. The number of hydrogen-bond acceptors (Lipinski definition) is 8. The third-order valence-electron chi connectivity index (χ3n) is 9.56. The molecule has 0 radical (unpaired) electrons. The number of hydrogen-bond donors (Lipinski definition) is 3. The van der Waals surface area contributed by atoms with Gasteiger partial charge in [0.2, 0.25) is 0 Å². The van der Waals surface area contributed by atoms with E-state index in [2.05, 4.69) is 0 Å². The molecule has 4 rings (SSSR count). The molecule has 0 heterocycles. The largest absolute Gasteiger partial charge is 0.458 e. The zero-order valence-electron chi connectivity index (χ0n) is 22.0. The van der Waals surface area contributed by atoms with E-state index < -0.39 is 64.2 Å². The second kappa shape index (κ2) is 9.37. The van der Waals surface area contributed by atoms with Crippen molar-refractivity contribution in [1.29, 1.82) is 0 Å². The Bertz CT molecular complexity index is 1000. The van der Waals surface area contributed by atoms with Crippen LogP contribution in [0.25, 0.3) is 0 Å². The third-order valence-corrected chi connectivity index (χ3v) is 9.56. The molecule has 8 nitrogen and oxygen atoms in total. The lowest BCUT2D eigenvalue weighted by Crippen LogP contribution is -2.63. The van der Waals surface area contributed by atoms with E-state index in [1.165, 1.54) is 6.92 Å². The first kappa shape index (κ1) is 27.0. The minimum atomic E-state index is -1.52. The molecule has 0 aromatic rings. The molecule has 0 aromatic carbocycles. The van der Waals surface area contributed by atoms with Crippen molar-refractivity contribution in [3.8, 4) is 0 Å². The quantitative estimate of drug-likeness (QED) is 0.261. The van der Waals surface area contributed by atoms with E-state index in [-0.39, 0.29) is 25.4 Å². The molecule has 9 atom stereocenters. The first-order valence-corrected chi connectivity index (χ1v) is 13.2. The van der Waals surface area contributed by atoms with Gasteiger partial charge in [0.1, 0.15) is 6.10 Å². The van der Waals surface area contributed by atoms with Crippen LogP contribution in [0.1, 0.15) is 66.7 Å². The highest BCUT2D eigenvalue weighted by molar-refractivity contribution is 6.00. The van der Waals surface area contributed by atoms with Crippen LogP contribution in [0.2, 0.25) is 0 Å². The van der Waals surface area contributed by atoms with Crippen LogP contribution in [0.3, 0.4) is 0 Å². The van der Waals surface area contributed by atoms with Crippen LogP contribution in [-0.4, -0.2) is 63.6 Å². The van der Waals surface area contributed by atoms with Crippen LogP contribution < -0.4 is 0 Å². The van der Waals surface area contributed by atoms with E-state index in [1.54, 1.807) is 20.8 Å². The first-order chi connectivity index (χ1) is 16.9. The zero-order valence-corrected chi connectivity index (χ0v) is 22.0. The Morgan fingerprint density at radius 3 is 2.44 bits per heavy atom. The number of carbonyl (C=O) groups excluding carboxylic acids is 3. The molecule has 0 bridgehead atoms. The van der Waals surface area contributed by atoms with Gasteiger partial charge in [-0.3, -0.25) is 14.4 Å². The van der Waals surface area contributed by atoms with Gasteiger partial charge in [-0.2, -0.15) is 0 Å². The van der Waals surface area contributed by atoms with E-state index in [0.717, 1.165) is 12.8 Å².